The van der Waals surface area contributed by atoms with Gasteiger partial charge < -0.3 is 5.73 Å². The van der Waals surface area contributed by atoms with Gasteiger partial charge in [0.2, 0.25) is 0 Å². The molecule has 1 heterocycles. The average molecular weight is 216 g/mol. The Bertz CT molecular complexity index is 341. The van der Waals surface area contributed by atoms with E-state index in [2.05, 4.69) is 35.2 Å². The number of rotatable bonds is 2. The summed E-state index contributed by atoms with van der Waals surface area (Å²) in [6.07, 6.45) is 3.70. The predicted octanol–water partition coefficient (Wildman–Crippen LogP) is 1.97. The smallest absolute Gasteiger partial charge is 0.0171 e. The molecule has 1 aliphatic carbocycles. The van der Waals surface area contributed by atoms with Crippen LogP contribution in [0.15, 0.2) is 30.3 Å². The van der Waals surface area contributed by atoms with Crippen LogP contribution in [0.2, 0.25) is 0 Å². The van der Waals surface area contributed by atoms with Crippen LogP contribution >= 0.6 is 0 Å². The lowest BCUT2D eigenvalue weighted by molar-refractivity contribution is 0.201. The Morgan fingerprint density at radius 1 is 1.06 bits per heavy atom. The minimum absolute atomic E-state index is 0.449. The molecule has 2 atom stereocenters. The van der Waals surface area contributed by atoms with Crippen molar-refractivity contribution in [2.75, 3.05) is 13.1 Å². The number of benzene rings is 1. The summed E-state index contributed by atoms with van der Waals surface area (Å²) in [6.45, 7) is 2.41. The first-order valence-corrected chi connectivity index (χ1v) is 6.39. The highest BCUT2D eigenvalue weighted by Gasteiger charge is 2.43. The lowest BCUT2D eigenvalue weighted by Crippen LogP contribution is -2.41. The Morgan fingerprint density at radius 2 is 1.75 bits per heavy atom. The maximum Gasteiger partial charge on any atom is 0.0171 e. The van der Waals surface area contributed by atoms with E-state index < -0.39 is 0 Å². The number of hydrogen-bond donors (Lipinski definition) is 1. The van der Waals surface area contributed by atoms with Crippen molar-refractivity contribution < 1.29 is 0 Å². The van der Waals surface area contributed by atoms with Crippen LogP contribution in [0, 0.1) is 0 Å². The molecule has 16 heavy (non-hydrogen) atoms. The van der Waals surface area contributed by atoms with E-state index >= 15 is 0 Å². The summed E-state index contributed by atoms with van der Waals surface area (Å²) in [5.74, 6) is 0.788. The predicted molar refractivity (Wildman–Crippen MR) is 66.4 cm³/mol. The summed E-state index contributed by atoms with van der Waals surface area (Å²) < 4.78 is 0. The van der Waals surface area contributed by atoms with Gasteiger partial charge in [0.05, 0.1) is 0 Å². The second kappa shape index (κ2) is 4.19. The van der Waals surface area contributed by atoms with E-state index in [-0.39, 0.29) is 0 Å². The SMILES string of the molecule is NC1CCN(C2CC2c2ccccc2)CC1. The van der Waals surface area contributed by atoms with E-state index in [0.717, 1.165) is 12.0 Å². The third kappa shape index (κ3) is 2.00. The molecule has 0 spiro atoms. The Balaban J connectivity index is 1.60. The van der Waals surface area contributed by atoms with Crippen LogP contribution < -0.4 is 5.73 Å². The largest absolute Gasteiger partial charge is 0.328 e. The van der Waals surface area contributed by atoms with Crippen molar-refractivity contribution in [3.05, 3.63) is 35.9 Å². The fraction of sp³-hybridized carbons (Fsp3) is 0.571. The quantitative estimate of drug-likeness (QED) is 0.819. The molecule has 86 valence electrons. The van der Waals surface area contributed by atoms with Crippen molar-refractivity contribution in [3.8, 4) is 0 Å². The Labute approximate surface area is 97.4 Å². The van der Waals surface area contributed by atoms with Gasteiger partial charge in [-0.05, 0) is 37.9 Å². The van der Waals surface area contributed by atoms with Crippen LogP contribution in [0.4, 0.5) is 0 Å². The van der Waals surface area contributed by atoms with E-state index in [0.29, 0.717) is 6.04 Å². The molecule has 0 aromatic heterocycles. The number of nitrogens with zero attached hydrogens (tertiary/aromatic N) is 1. The Morgan fingerprint density at radius 3 is 2.44 bits per heavy atom. The highest BCUT2D eigenvalue weighted by Crippen LogP contribution is 2.45. The lowest BCUT2D eigenvalue weighted by atomic mass is 10.1. The van der Waals surface area contributed by atoms with Crippen LogP contribution in [-0.2, 0) is 0 Å². The van der Waals surface area contributed by atoms with Gasteiger partial charge in [-0.2, -0.15) is 0 Å². The van der Waals surface area contributed by atoms with Crippen molar-refractivity contribution >= 4 is 0 Å². The van der Waals surface area contributed by atoms with E-state index in [4.69, 9.17) is 5.73 Å². The Kier molecular flexibility index (Phi) is 2.70. The van der Waals surface area contributed by atoms with Crippen molar-refractivity contribution in [2.45, 2.75) is 37.3 Å². The summed E-state index contributed by atoms with van der Waals surface area (Å²) in [5, 5.41) is 0. The van der Waals surface area contributed by atoms with Gasteiger partial charge in [-0.1, -0.05) is 30.3 Å². The molecular formula is C14H20N2. The van der Waals surface area contributed by atoms with Crippen LogP contribution in [0.5, 0.6) is 0 Å². The van der Waals surface area contributed by atoms with Gasteiger partial charge in [0.1, 0.15) is 0 Å². The molecule has 1 saturated heterocycles. The normalized spacial score (nSPS) is 31.6. The van der Waals surface area contributed by atoms with Crippen LogP contribution in [-0.4, -0.2) is 30.1 Å². The molecule has 1 aromatic rings. The molecule has 2 heteroatoms. The summed E-state index contributed by atoms with van der Waals surface area (Å²) in [5.41, 5.74) is 7.45. The van der Waals surface area contributed by atoms with Gasteiger partial charge in [-0.15, -0.1) is 0 Å². The van der Waals surface area contributed by atoms with Gasteiger partial charge in [0, 0.05) is 18.0 Å². The van der Waals surface area contributed by atoms with E-state index in [9.17, 15) is 0 Å². The molecule has 1 aromatic carbocycles. The summed E-state index contributed by atoms with van der Waals surface area (Å²) in [4.78, 5) is 2.64. The lowest BCUT2D eigenvalue weighted by Gasteiger charge is -2.30. The minimum Gasteiger partial charge on any atom is -0.328 e. The maximum atomic E-state index is 5.94. The van der Waals surface area contributed by atoms with E-state index in [1.807, 2.05) is 0 Å². The highest BCUT2D eigenvalue weighted by atomic mass is 15.2. The average Bonchev–Trinajstić information content (AvgIpc) is 3.11. The molecule has 1 saturated carbocycles. The number of nitrogens with two attached hydrogens (primary N) is 1. The second-order valence-electron chi connectivity index (χ2n) is 5.19. The molecule has 1 aliphatic heterocycles. The van der Waals surface area contributed by atoms with Crippen LogP contribution in [0.3, 0.4) is 0 Å². The van der Waals surface area contributed by atoms with Crippen molar-refractivity contribution in [1.29, 1.82) is 0 Å². The zero-order chi connectivity index (χ0) is 11.0. The monoisotopic (exact) mass is 216 g/mol. The fourth-order valence-corrected chi connectivity index (χ4v) is 2.89. The highest BCUT2D eigenvalue weighted by molar-refractivity contribution is 5.27. The molecule has 2 N–H and O–H groups in total. The first-order valence-electron chi connectivity index (χ1n) is 6.39. The van der Waals surface area contributed by atoms with Crippen LogP contribution in [0.1, 0.15) is 30.7 Å². The topological polar surface area (TPSA) is 29.3 Å². The summed E-state index contributed by atoms with van der Waals surface area (Å²) in [7, 11) is 0. The third-order valence-corrected chi connectivity index (χ3v) is 4.03. The van der Waals surface area contributed by atoms with E-state index in [1.54, 1.807) is 0 Å². The van der Waals surface area contributed by atoms with Gasteiger partial charge in [-0.25, -0.2) is 0 Å². The number of hydrogen-bond acceptors (Lipinski definition) is 2. The zero-order valence-electron chi connectivity index (χ0n) is 9.68. The van der Waals surface area contributed by atoms with E-state index in [1.165, 1.54) is 37.9 Å². The molecule has 2 unspecified atom stereocenters. The second-order valence-corrected chi connectivity index (χ2v) is 5.19. The molecular weight excluding hydrogens is 196 g/mol. The molecule has 2 aliphatic rings. The van der Waals surface area contributed by atoms with Crippen molar-refractivity contribution in [3.63, 3.8) is 0 Å². The molecule has 0 amide bonds. The maximum absolute atomic E-state index is 5.94. The third-order valence-electron chi connectivity index (χ3n) is 4.03. The number of likely N-dealkylation sites (tertiary alicyclic amines) is 1. The molecule has 0 radical (unpaired) electrons. The van der Waals surface area contributed by atoms with Crippen molar-refractivity contribution in [2.24, 2.45) is 5.73 Å². The molecule has 2 nitrogen and oxygen atoms in total. The Hall–Kier alpha value is -0.860. The fourth-order valence-electron chi connectivity index (χ4n) is 2.89. The molecule has 2 fully saturated rings. The van der Waals surface area contributed by atoms with Gasteiger partial charge >= 0.3 is 0 Å². The first-order chi connectivity index (χ1) is 7.84. The summed E-state index contributed by atoms with van der Waals surface area (Å²) in [6, 6.07) is 12.2. The zero-order valence-corrected chi connectivity index (χ0v) is 9.68. The van der Waals surface area contributed by atoms with Gasteiger partial charge in [0.25, 0.3) is 0 Å². The van der Waals surface area contributed by atoms with Crippen molar-refractivity contribution in [1.82, 2.24) is 4.90 Å². The standard InChI is InChI=1S/C14H20N2/c15-12-6-8-16(9-7-12)14-10-13(14)11-4-2-1-3-5-11/h1-5,12-14H,6-10,15H2. The van der Waals surface area contributed by atoms with Gasteiger partial charge in [0.15, 0.2) is 0 Å². The first kappa shape index (κ1) is 10.3. The minimum atomic E-state index is 0.449. The van der Waals surface area contributed by atoms with Crippen LogP contribution in [0.25, 0.3) is 0 Å². The molecule has 0 bridgehead atoms. The molecule has 3 rings (SSSR count). The number of piperidine rings is 1. The van der Waals surface area contributed by atoms with Gasteiger partial charge in [-0.3, -0.25) is 4.90 Å². The summed E-state index contributed by atoms with van der Waals surface area (Å²) >= 11 is 0.